The number of methoxy groups -OCH3 is 1. The molecular formula is C14H22N2O2. The molecule has 1 rings (SSSR count). The van der Waals surface area contributed by atoms with Crippen molar-refractivity contribution in [2.75, 3.05) is 24.7 Å². The van der Waals surface area contributed by atoms with Crippen LogP contribution in [0.1, 0.15) is 37.0 Å². The standard InChI is InChI=1S/C14H22N2O2/c1-4-10(5-2)9-16-13-11(14(17)18-3)7-6-8-12(13)15/h6-8,10,16H,4-5,9,15H2,1-3H3. The van der Waals surface area contributed by atoms with Crippen LogP contribution in [-0.2, 0) is 4.74 Å². The molecule has 0 radical (unpaired) electrons. The molecule has 1 aromatic carbocycles. The molecule has 0 atom stereocenters. The third kappa shape index (κ3) is 3.39. The van der Waals surface area contributed by atoms with Crippen LogP contribution in [0.5, 0.6) is 0 Å². The molecule has 18 heavy (non-hydrogen) atoms. The Morgan fingerprint density at radius 3 is 2.61 bits per heavy atom. The zero-order valence-electron chi connectivity index (χ0n) is 11.3. The number of anilines is 2. The Bertz CT molecular complexity index is 401. The molecule has 0 spiro atoms. The Hall–Kier alpha value is -1.71. The van der Waals surface area contributed by atoms with Crippen molar-refractivity contribution in [2.45, 2.75) is 26.7 Å². The summed E-state index contributed by atoms with van der Waals surface area (Å²) in [6.07, 6.45) is 2.20. The van der Waals surface area contributed by atoms with E-state index in [4.69, 9.17) is 10.5 Å². The van der Waals surface area contributed by atoms with Gasteiger partial charge in [-0.3, -0.25) is 0 Å². The molecule has 0 saturated carbocycles. The Labute approximate surface area is 109 Å². The van der Waals surface area contributed by atoms with Gasteiger partial charge in [0.2, 0.25) is 0 Å². The van der Waals surface area contributed by atoms with Crippen LogP contribution >= 0.6 is 0 Å². The topological polar surface area (TPSA) is 64.3 Å². The fourth-order valence-corrected chi connectivity index (χ4v) is 1.87. The van der Waals surface area contributed by atoms with Crippen LogP contribution in [0.25, 0.3) is 0 Å². The summed E-state index contributed by atoms with van der Waals surface area (Å²) in [6.45, 7) is 5.13. The van der Waals surface area contributed by atoms with Crippen LogP contribution in [0, 0.1) is 5.92 Å². The van der Waals surface area contributed by atoms with Crippen molar-refractivity contribution < 1.29 is 9.53 Å². The van der Waals surface area contributed by atoms with Gasteiger partial charge < -0.3 is 15.8 Å². The molecular weight excluding hydrogens is 228 g/mol. The number of esters is 1. The van der Waals surface area contributed by atoms with Gasteiger partial charge in [0.1, 0.15) is 0 Å². The molecule has 0 saturated heterocycles. The number of nitrogens with two attached hydrogens (primary N) is 1. The van der Waals surface area contributed by atoms with Gasteiger partial charge in [0.15, 0.2) is 0 Å². The monoisotopic (exact) mass is 250 g/mol. The van der Waals surface area contributed by atoms with Gasteiger partial charge in [-0.2, -0.15) is 0 Å². The van der Waals surface area contributed by atoms with Crippen molar-refractivity contribution in [1.82, 2.24) is 0 Å². The minimum Gasteiger partial charge on any atom is -0.465 e. The molecule has 1 aromatic rings. The van der Waals surface area contributed by atoms with E-state index in [2.05, 4.69) is 19.2 Å². The Balaban J connectivity index is 2.89. The maximum atomic E-state index is 11.7. The van der Waals surface area contributed by atoms with Crippen LogP contribution in [0.15, 0.2) is 18.2 Å². The number of carbonyl (C=O) groups is 1. The lowest BCUT2D eigenvalue weighted by atomic mass is 10.0. The van der Waals surface area contributed by atoms with E-state index in [1.807, 2.05) is 0 Å². The van der Waals surface area contributed by atoms with Crippen LogP contribution in [0.3, 0.4) is 0 Å². The highest BCUT2D eigenvalue weighted by atomic mass is 16.5. The smallest absolute Gasteiger partial charge is 0.340 e. The van der Waals surface area contributed by atoms with Gasteiger partial charge >= 0.3 is 5.97 Å². The van der Waals surface area contributed by atoms with Crippen molar-refractivity contribution >= 4 is 17.3 Å². The Morgan fingerprint density at radius 2 is 2.06 bits per heavy atom. The number of hydrogen-bond donors (Lipinski definition) is 2. The van der Waals surface area contributed by atoms with Crippen LogP contribution in [-0.4, -0.2) is 19.6 Å². The molecule has 0 heterocycles. The second-order valence-corrected chi connectivity index (χ2v) is 4.32. The lowest BCUT2D eigenvalue weighted by Gasteiger charge is -2.17. The van der Waals surface area contributed by atoms with Crippen molar-refractivity contribution in [3.05, 3.63) is 23.8 Å². The van der Waals surface area contributed by atoms with Crippen molar-refractivity contribution in [3.8, 4) is 0 Å². The predicted molar refractivity (Wildman–Crippen MR) is 74.8 cm³/mol. The normalized spacial score (nSPS) is 10.4. The van der Waals surface area contributed by atoms with E-state index in [9.17, 15) is 4.79 Å². The molecule has 0 aliphatic heterocycles. The van der Waals surface area contributed by atoms with Gasteiger partial charge in [-0.25, -0.2) is 4.79 Å². The molecule has 0 amide bonds. The minimum absolute atomic E-state index is 0.366. The average Bonchev–Trinajstić information content (AvgIpc) is 2.40. The van der Waals surface area contributed by atoms with E-state index >= 15 is 0 Å². The lowest BCUT2D eigenvalue weighted by molar-refractivity contribution is 0.0602. The Morgan fingerprint density at radius 1 is 1.39 bits per heavy atom. The van der Waals surface area contributed by atoms with E-state index in [0.717, 1.165) is 19.4 Å². The molecule has 0 aromatic heterocycles. The highest BCUT2D eigenvalue weighted by Gasteiger charge is 2.14. The van der Waals surface area contributed by atoms with E-state index in [1.165, 1.54) is 7.11 Å². The van der Waals surface area contributed by atoms with Gasteiger partial charge in [0, 0.05) is 6.54 Å². The first-order valence-corrected chi connectivity index (χ1v) is 6.34. The average molecular weight is 250 g/mol. The maximum Gasteiger partial charge on any atom is 0.340 e. The second kappa shape index (κ2) is 6.89. The van der Waals surface area contributed by atoms with Gasteiger partial charge in [0.25, 0.3) is 0 Å². The number of para-hydroxylation sites is 1. The number of hydrogen-bond acceptors (Lipinski definition) is 4. The first kappa shape index (κ1) is 14.4. The number of benzene rings is 1. The molecule has 0 fully saturated rings. The summed E-state index contributed by atoms with van der Waals surface area (Å²) < 4.78 is 4.76. The van der Waals surface area contributed by atoms with Crippen molar-refractivity contribution in [3.63, 3.8) is 0 Å². The molecule has 0 aliphatic carbocycles. The van der Waals surface area contributed by atoms with E-state index in [0.29, 0.717) is 22.9 Å². The lowest BCUT2D eigenvalue weighted by Crippen LogP contribution is -2.16. The highest BCUT2D eigenvalue weighted by molar-refractivity contribution is 5.98. The van der Waals surface area contributed by atoms with Crippen LogP contribution in [0.4, 0.5) is 11.4 Å². The largest absolute Gasteiger partial charge is 0.465 e. The third-order valence-electron chi connectivity index (χ3n) is 3.22. The van der Waals surface area contributed by atoms with E-state index in [1.54, 1.807) is 18.2 Å². The van der Waals surface area contributed by atoms with Gasteiger partial charge in [-0.15, -0.1) is 0 Å². The zero-order valence-corrected chi connectivity index (χ0v) is 11.3. The third-order valence-corrected chi connectivity index (χ3v) is 3.22. The number of nitrogens with one attached hydrogen (secondary N) is 1. The highest BCUT2D eigenvalue weighted by Crippen LogP contribution is 2.25. The van der Waals surface area contributed by atoms with Crippen molar-refractivity contribution in [2.24, 2.45) is 5.92 Å². The summed E-state index contributed by atoms with van der Waals surface area (Å²) in [5.41, 5.74) is 7.65. The summed E-state index contributed by atoms with van der Waals surface area (Å²) in [5, 5.41) is 3.27. The summed E-state index contributed by atoms with van der Waals surface area (Å²) in [4.78, 5) is 11.7. The fraction of sp³-hybridized carbons (Fsp3) is 0.500. The molecule has 4 heteroatoms. The quantitative estimate of drug-likeness (QED) is 0.602. The second-order valence-electron chi connectivity index (χ2n) is 4.32. The summed E-state index contributed by atoms with van der Waals surface area (Å²) in [6, 6.07) is 5.25. The Kier molecular flexibility index (Phi) is 5.49. The summed E-state index contributed by atoms with van der Waals surface area (Å²) in [7, 11) is 1.37. The first-order valence-electron chi connectivity index (χ1n) is 6.34. The maximum absolute atomic E-state index is 11.7. The minimum atomic E-state index is -0.366. The SMILES string of the molecule is CCC(CC)CNc1c(N)cccc1C(=O)OC. The molecule has 100 valence electrons. The number of ether oxygens (including phenoxy) is 1. The van der Waals surface area contributed by atoms with Gasteiger partial charge in [-0.05, 0) is 18.1 Å². The predicted octanol–water partition coefficient (Wildman–Crippen LogP) is 2.90. The zero-order chi connectivity index (χ0) is 13.5. The molecule has 4 nitrogen and oxygen atoms in total. The molecule has 0 aliphatic rings. The number of nitrogen functional groups attached to an aromatic ring is 1. The van der Waals surface area contributed by atoms with Crippen LogP contribution in [0.2, 0.25) is 0 Å². The fourth-order valence-electron chi connectivity index (χ4n) is 1.87. The van der Waals surface area contributed by atoms with Crippen molar-refractivity contribution in [1.29, 1.82) is 0 Å². The van der Waals surface area contributed by atoms with E-state index < -0.39 is 0 Å². The first-order chi connectivity index (χ1) is 8.63. The molecule has 3 N–H and O–H groups in total. The van der Waals surface area contributed by atoms with E-state index in [-0.39, 0.29) is 5.97 Å². The summed E-state index contributed by atoms with van der Waals surface area (Å²) >= 11 is 0. The van der Waals surface area contributed by atoms with Gasteiger partial charge in [-0.1, -0.05) is 32.8 Å². The van der Waals surface area contributed by atoms with Crippen LogP contribution < -0.4 is 11.1 Å². The molecule has 0 bridgehead atoms. The van der Waals surface area contributed by atoms with Gasteiger partial charge in [0.05, 0.1) is 24.0 Å². The number of carbonyl (C=O) groups excluding carboxylic acids is 1. The molecule has 0 unspecified atom stereocenters. The summed E-state index contributed by atoms with van der Waals surface area (Å²) in [5.74, 6) is 0.212. The number of rotatable bonds is 6.